The minimum atomic E-state index is -3.58. The van der Waals surface area contributed by atoms with E-state index in [0.717, 1.165) is 0 Å². The molecule has 0 radical (unpaired) electrons. The third-order valence-electron chi connectivity index (χ3n) is 2.22. The summed E-state index contributed by atoms with van der Waals surface area (Å²) in [5, 5.41) is 7.17. The molecule has 0 spiro atoms. The van der Waals surface area contributed by atoms with Crippen LogP contribution < -0.4 is 20.9 Å². The number of amides is 1. The zero-order valence-electron chi connectivity index (χ0n) is 10.5. The van der Waals surface area contributed by atoms with Gasteiger partial charge in [-0.3, -0.25) is 4.79 Å². The van der Waals surface area contributed by atoms with Crippen molar-refractivity contribution < 1.29 is 17.9 Å². The monoisotopic (exact) mass is 317 g/mol. The third-order valence-corrected chi connectivity index (χ3v) is 3.23. The maximum absolute atomic E-state index is 11.4. The summed E-state index contributed by atoms with van der Waals surface area (Å²) in [7, 11) is -3.58. The number of nitrogens with one attached hydrogen (secondary N) is 1. The molecule has 0 aliphatic carbocycles. The molecule has 0 saturated heterocycles. The highest BCUT2D eigenvalue weighted by Crippen LogP contribution is 2.11. The first-order valence-electron chi connectivity index (χ1n) is 5.58. The van der Waals surface area contributed by atoms with Crippen molar-refractivity contribution in [3.05, 3.63) is 29.8 Å². The zero-order valence-corrected chi connectivity index (χ0v) is 12.2. The molecule has 0 saturated carbocycles. The molecule has 0 aliphatic heterocycles. The Hall–Kier alpha value is -1.71. The van der Waals surface area contributed by atoms with E-state index in [9.17, 15) is 13.2 Å². The molecule has 7 nitrogen and oxygen atoms in total. The Labute approximate surface area is 122 Å². The number of carbonyl (C=O) groups excluding carboxylic acids is 1. The number of hydrogen-bond acceptors (Lipinski definition) is 5. The predicted octanol–water partition coefficient (Wildman–Crippen LogP) is -0.896. The topological polar surface area (TPSA) is 125 Å². The van der Waals surface area contributed by atoms with Crippen LogP contribution in [-0.4, -0.2) is 38.2 Å². The minimum Gasteiger partial charge on any atom is -0.484 e. The van der Waals surface area contributed by atoms with Crippen LogP contribution in [0, 0.1) is 0 Å². The summed E-state index contributed by atoms with van der Waals surface area (Å²) >= 11 is 4.80. The number of rotatable bonds is 7. The van der Waals surface area contributed by atoms with E-state index in [0.29, 0.717) is 11.3 Å². The number of primary sulfonamides is 1. The SMILES string of the molecule is NC(=S)c1ccc(OCC(=O)NCCS(N)(=O)=O)cc1. The minimum absolute atomic E-state index is 0.0542. The van der Waals surface area contributed by atoms with Crippen molar-refractivity contribution in [2.24, 2.45) is 10.9 Å². The van der Waals surface area contributed by atoms with Crippen molar-refractivity contribution in [2.45, 2.75) is 0 Å². The van der Waals surface area contributed by atoms with E-state index in [1.165, 1.54) is 0 Å². The summed E-state index contributed by atoms with van der Waals surface area (Å²) in [5.74, 6) is -0.278. The van der Waals surface area contributed by atoms with Crippen LogP contribution in [-0.2, 0) is 14.8 Å². The number of thiocarbonyl (C=S) groups is 1. The van der Waals surface area contributed by atoms with E-state index >= 15 is 0 Å². The lowest BCUT2D eigenvalue weighted by molar-refractivity contribution is -0.122. The Bertz CT molecular complexity index is 584. The van der Waals surface area contributed by atoms with Crippen LogP contribution in [0.5, 0.6) is 5.75 Å². The summed E-state index contributed by atoms with van der Waals surface area (Å²) in [6, 6.07) is 6.62. The first-order chi connectivity index (χ1) is 9.28. The maximum atomic E-state index is 11.4. The van der Waals surface area contributed by atoms with E-state index in [2.05, 4.69) is 5.32 Å². The van der Waals surface area contributed by atoms with Crippen LogP contribution >= 0.6 is 12.2 Å². The quantitative estimate of drug-likeness (QED) is 0.560. The van der Waals surface area contributed by atoms with Gasteiger partial charge in [-0.05, 0) is 24.3 Å². The molecule has 0 unspecified atom stereocenters. The summed E-state index contributed by atoms with van der Waals surface area (Å²) in [6.07, 6.45) is 0. The van der Waals surface area contributed by atoms with Crippen molar-refractivity contribution in [3.8, 4) is 5.75 Å². The van der Waals surface area contributed by atoms with Gasteiger partial charge in [-0.25, -0.2) is 13.6 Å². The fraction of sp³-hybridized carbons (Fsp3) is 0.273. The molecule has 0 bridgehead atoms. The van der Waals surface area contributed by atoms with Gasteiger partial charge >= 0.3 is 0 Å². The summed E-state index contributed by atoms with van der Waals surface area (Å²) in [5.41, 5.74) is 6.14. The van der Waals surface area contributed by atoms with Gasteiger partial charge in [0.15, 0.2) is 6.61 Å². The summed E-state index contributed by atoms with van der Waals surface area (Å²) in [4.78, 5) is 11.6. The smallest absolute Gasteiger partial charge is 0.257 e. The van der Waals surface area contributed by atoms with Gasteiger partial charge in [0.1, 0.15) is 10.7 Å². The molecular weight excluding hydrogens is 302 g/mol. The van der Waals surface area contributed by atoms with Crippen molar-refractivity contribution in [2.75, 3.05) is 18.9 Å². The van der Waals surface area contributed by atoms with Crippen LogP contribution in [0.1, 0.15) is 5.56 Å². The maximum Gasteiger partial charge on any atom is 0.257 e. The third kappa shape index (κ3) is 6.45. The molecule has 110 valence electrons. The van der Waals surface area contributed by atoms with E-state index in [1.807, 2.05) is 0 Å². The number of ether oxygens (including phenoxy) is 1. The highest BCUT2D eigenvalue weighted by molar-refractivity contribution is 7.89. The molecule has 1 aromatic rings. The Kier molecular flexibility index (Phi) is 5.86. The van der Waals surface area contributed by atoms with Crippen molar-refractivity contribution in [1.29, 1.82) is 0 Å². The van der Waals surface area contributed by atoms with Gasteiger partial charge in [0.05, 0.1) is 5.75 Å². The molecule has 1 amide bonds. The molecule has 1 aromatic carbocycles. The van der Waals surface area contributed by atoms with Gasteiger partial charge in [0.25, 0.3) is 5.91 Å². The van der Waals surface area contributed by atoms with E-state index in [-0.39, 0.29) is 23.9 Å². The average Bonchev–Trinajstić information content (AvgIpc) is 2.35. The van der Waals surface area contributed by atoms with E-state index in [1.54, 1.807) is 24.3 Å². The molecular formula is C11H15N3O4S2. The molecule has 0 aromatic heterocycles. The molecule has 0 heterocycles. The van der Waals surface area contributed by atoms with Crippen molar-refractivity contribution >= 4 is 33.1 Å². The van der Waals surface area contributed by atoms with Crippen LogP contribution in [0.25, 0.3) is 0 Å². The normalized spacial score (nSPS) is 10.8. The summed E-state index contributed by atoms with van der Waals surface area (Å²) in [6.45, 7) is -0.279. The molecule has 0 fully saturated rings. The van der Waals surface area contributed by atoms with Crippen LogP contribution in [0.2, 0.25) is 0 Å². The van der Waals surface area contributed by atoms with Gasteiger partial charge in [0.2, 0.25) is 10.0 Å². The second-order valence-electron chi connectivity index (χ2n) is 3.89. The number of nitrogens with two attached hydrogens (primary N) is 2. The van der Waals surface area contributed by atoms with E-state index in [4.69, 9.17) is 27.8 Å². The molecule has 9 heteroatoms. The first kappa shape index (κ1) is 16.3. The Morgan fingerprint density at radius 2 is 1.90 bits per heavy atom. The second-order valence-corrected chi connectivity index (χ2v) is 6.07. The molecule has 1 rings (SSSR count). The van der Waals surface area contributed by atoms with Crippen molar-refractivity contribution in [1.82, 2.24) is 5.32 Å². The Morgan fingerprint density at radius 3 is 2.40 bits per heavy atom. The number of sulfonamides is 1. The second kappa shape index (κ2) is 7.17. The lowest BCUT2D eigenvalue weighted by atomic mass is 10.2. The number of carbonyl (C=O) groups is 1. The molecule has 0 aliphatic rings. The fourth-order valence-electron chi connectivity index (χ4n) is 1.25. The largest absolute Gasteiger partial charge is 0.484 e. The highest BCUT2D eigenvalue weighted by atomic mass is 32.2. The van der Waals surface area contributed by atoms with Crippen LogP contribution in [0.4, 0.5) is 0 Å². The van der Waals surface area contributed by atoms with Crippen LogP contribution in [0.15, 0.2) is 24.3 Å². The Balaban J connectivity index is 2.35. The predicted molar refractivity (Wildman–Crippen MR) is 78.8 cm³/mol. The molecule has 0 atom stereocenters. The number of hydrogen-bond donors (Lipinski definition) is 3. The standard InChI is InChI=1S/C11H15N3O4S2/c12-11(19)8-1-3-9(4-2-8)18-7-10(15)14-5-6-20(13,16)17/h1-4H,5-7H2,(H2,12,19)(H,14,15)(H2,13,16,17). The lowest BCUT2D eigenvalue weighted by Gasteiger charge is -2.07. The molecule has 20 heavy (non-hydrogen) atoms. The van der Waals surface area contributed by atoms with Gasteiger partial charge < -0.3 is 15.8 Å². The summed E-state index contributed by atoms with van der Waals surface area (Å²) < 4.78 is 26.5. The number of benzene rings is 1. The first-order valence-corrected chi connectivity index (χ1v) is 7.70. The lowest BCUT2D eigenvalue weighted by Crippen LogP contribution is -2.34. The fourth-order valence-corrected chi connectivity index (χ4v) is 1.77. The average molecular weight is 317 g/mol. The van der Waals surface area contributed by atoms with Gasteiger partial charge in [-0.2, -0.15) is 0 Å². The van der Waals surface area contributed by atoms with Gasteiger partial charge in [0, 0.05) is 12.1 Å². The molecule has 5 N–H and O–H groups in total. The van der Waals surface area contributed by atoms with Gasteiger partial charge in [-0.15, -0.1) is 0 Å². The van der Waals surface area contributed by atoms with Gasteiger partial charge in [-0.1, -0.05) is 12.2 Å². The van der Waals surface area contributed by atoms with Crippen molar-refractivity contribution in [3.63, 3.8) is 0 Å². The van der Waals surface area contributed by atoms with Crippen LogP contribution in [0.3, 0.4) is 0 Å². The van der Waals surface area contributed by atoms with E-state index < -0.39 is 15.9 Å². The Morgan fingerprint density at radius 1 is 1.30 bits per heavy atom. The highest BCUT2D eigenvalue weighted by Gasteiger charge is 2.06. The zero-order chi connectivity index (χ0) is 15.2.